The van der Waals surface area contributed by atoms with Crippen LogP contribution in [0.4, 0.5) is 11.4 Å². The number of pyridine rings is 1. The highest BCUT2D eigenvalue weighted by Gasteiger charge is 2.12. The molecule has 1 aromatic heterocycles. The molecular formula is C20H24N4O3. The van der Waals surface area contributed by atoms with Crippen molar-refractivity contribution in [3.05, 3.63) is 53.9 Å². The first-order valence-corrected chi connectivity index (χ1v) is 9.04. The molecule has 2 aromatic rings. The van der Waals surface area contributed by atoms with E-state index in [1.807, 2.05) is 12.1 Å². The molecule has 3 rings (SSSR count). The summed E-state index contributed by atoms with van der Waals surface area (Å²) < 4.78 is 5.31. The highest BCUT2D eigenvalue weighted by molar-refractivity contribution is 5.94. The molecule has 1 aromatic carbocycles. The third-order valence-corrected chi connectivity index (χ3v) is 4.39. The van der Waals surface area contributed by atoms with Crippen molar-refractivity contribution in [1.29, 1.82) is 0 Å². The smallest absolute Gasteiger partial charge is 0.269 e. The van der Waals surface area contributed by atoms with Crippen molar-refractivity contribution in [3.63, 3.8) is 0 Å². The highest BCUT2D eigenvalue weighted by Crippen LogP contribution is 2.17. The molecule has 0 saturated carbocycles. The van der Waals surface area contributed by atoms with Crippen molar-refractivity contribution in [2.45, 2.75) is 6.92 Å². The molecule has 7 nitrogen and oxygen atoms in total. The minimum atomic E-state index is -0.196. The predicted molar refractivity (Wildman–Crippen MR) is 104 cm³/mol. The Bertz CT molecular complexity index is 786. The Labute approximate surface area is 158 Å². The van der Waals surface area contributed by atoms with Gasteiger partial charge in [-0.1, -0.05) is 0 Å². The maximum Gasteiger partial charge on any atom is 0.269 e. The summed E-state index contributed by atoms with van der Waals surface area (Å²) in [5, 5.41) is 6.13. The van der Waals surface area contributed by atoms with Crippen LogP contribution < -0.4 is 10.6 Å². The van der Waals surface area contributed by atoms with Crippen LogP contribution in [0, 0.1) is 0 Å². The molecule has 1 aliphatic heterocycles. The Morgan fingerprint density at radius 3 is 2.56 bits per heavy atom. The molecule has 0 unspecified atom stereocenters. The fourth-order valence-electron chi connectivity index (χ4n) is 2.83. The van der Waals surface area contributed by atoms with Crippen molar-refractivity contribution in [2.75, 3.05) is 44.7 Å². The number of anilines is 2. The lowest BCUT2D eigenvalue weighted by Gasteiger charge is -2.26. The Hall–Kier alpha value is -2.77. The van der Waals surface area contributed by atoms with E-state index in [1.165, 1.54) is 6.92 Å². The quantitative estimate of drug-likeness (QED) is 0.728. The van der Waals surface area contributed by atoms with Crippen molar-refractivity contribution in [3.8, 4) is 0 Å². The fraction of sp³-hybridized carbons (Fsp3) is 0.350. The molecule has 2 heterocycles. The number of ketones is 1. The van der Waals surface area contributed by atoms with Gasteiger partial charge in [0.15, 0.2) is 5.78 Å². The number of aromatic nitrogens is 1. The second-order valence-electron chi connectivity index (χ2n) is 6.40. The van der Waals surface area contributed by atoms with Gasteiger partial charge in [-0.05, 0) is 43.3 Å². The number of carbonyl (C=O) groups is 2. The molecular weight excluding hydrogens is 344 g/mol. The predicted octanol–water partition coefficient (Wildman–Crippen LogP) is 2.09. The first-order valence-electron chi connectivity index (χ1n) is 9.04. The normalized spacial score (nSPS) is 14.6. The number of Topliss-reactive ketones (excluding diaryl/α,β-unsaturated/α-hetero) is 1. The van der Waals surface area contributed by atoms with Gasteiger partial charge in [0.2, 0.25) is 0 Å². The number of hydrogen-bond acceptors (Lipinski definition) is 6. The van der Waals surface area contributed by atoms with Gasteiger partial charge < -0.3 is 15.4 Å². The Morgan fingerprint density at radius 1 is 1.11 bits per heavy atom. The van der Waals surface area contributed by atoms with Crippen LogP contribution in [0.2, 0.25) is 0 Å². The van der Waals surface area contributed by atoms with E-state index in [2.05, 4.69) is 20.5 Å². The maximum absolute atomic E-state index is 12.3. The van der Waals surface area contributed by atoms with Crippen molar-refractivity contribution >= 4 is 23.1 Å². The van der Waals surface area contributed by atoms with Crippen LogP contribution in [0.5, 0.6) is 0 Å². The Balaban J connectivity index is 1.54. The van der Waals surface area contributed by atoms with E-state index in [-0.39, 0.29) is 11.7 Å². The topological polar surface area (TPSA) is 83.6 Å². The van der Waals surface area contributed by atoms with E-state index in [1.54, 1.807) is 30.5 Å². The molecule has 0 bridgehead atoms. The number of amides is 1. The van der Waals surface area contributed by atoms with Gasteiger partial charge in [-0.25, -0.2) is 0 Å². The Kier molecular flexibility index (Phi) is 6.51. The minimum Gasteiger partial charge on any atom is -0.379 e. The summed E-state index contributed by atoms with van der Waals surface area (Å²) in [6, 6.07) is 10.7. The van der Waals surface area contributed by atoms with Crippen LogP contribution >= 0.6 is 0 Å². The van der Waals surface area contributed by atoms with Gasteiger partial charge >= 0.3 is 0 Å². The highest BCUT2D eigenvalue weighted by atomic mass is 16.5. The van der Waals surface area contributed by atoms with Gasteiger partial charge in [0.25, 0.3) is 5.91 Å². The molecule has 0 radical (unpaired) electrons. The zero-order valence-corrected chi connectivity index (χ0v) is 15.4. The standard InChI is InChI=1S/C20H24N4O3/c1-15(25)16-2-4-17(5-3-16)23-18-6-7-21-19(14-18)20(26)22-8-9-24-10-12-27-13-11-24/h2-7,14H,8-13H2,1H3,(H,21,23)(H,22,26). The van der Waals surface area contributed by atoms with E-state index >= 15 is 0 Å². The van der Waals surface area contributed by atoms with Crippen molar-refractivity contribution in [2.24, 2.45) is 0 Å². The lowest BCUT2D eigenvalue weighted by atomic mass is 10.1. The lowest BCUT2D eigenvalue weighted by molar-refractivity contribution is 0.0383. The summed E-state index contributed by atoms with van der Waals surface area (Å²) in [4.78, 5) is 30.1. The largest absolute Gasteiger partial charge is 0.379 e. The number of hydrogen-bond donors (Lipinski definition) is 2. The summed E-state index contributed by atoms with van der Waals surface area (Å²) in [7, 11) is 0. The number of carbonyl (C=O) groups excluding carboxylic acids is 2. The van der Waals surface area contributed by atoms with Crippen LogP contribution in [0.25, 0.3) is 0 Å². The molecule has 7 heteroatoms. The minimum absolute atomic E-state index is 0.0292. The zero-order valence-electron chi connectivity index (χ0n) is 15.4. The number of benzene rings is 1. The summed E-state index contributed by atoms with van der Waals surface area (Å²) in [5.74, 6) is -0.166. The van der Waals surface area contributed by atoms with Crippen molar-refractivity contribution in [1.82, 2.24) is 15.2 Å². The molecule has 0 spiro atoms. The Morgan fingerprint density at radius 2 is 1.85 bits per heavy atom. The monoisotopic (exact) mass is 368 g/mol. The summed E-state index contributed by atoms with van der Waals surface area (Å²) in [6.07, 6.45) is 1.60. The first-order chi connectivity index (χ1) is 13.1. The average molecular weight is 368 g/mol. The lowest BCUT2D eigenvalue weighted by Crippen LogP contribution is -2.41. The van der Waals surface area contributed by atoms with Gasteiger partial charge in [-0.3, -0.25) is 19.5 Å². The second kappa shape index (κ2) is 9.25. The van der Waals surface area contributed by atoms with Gasteiger partial charge in [0.05, 0.1) is 13.2 Å². The van der Waals surface area contributed by atoms with Crippen LogP contribution in [-0.2, 0) is 4.74 Å². The number of ether oxygens (including phenoxy) is 1. The number of nitrogens with one attached hydrogen (secondary N) is 2. The molecule has 142 valence electrons. The van der Waals surface area contributed by atoms with E-state index in [4.69, 9.17) is 4.74 Å². The van der Waals surface area contributed by atoms with E-state index in [0.717, 1.165) is 44.2 Å². The summed E-state index contributed by atoms with van der Waals surface area (Å²) in [6.45, 7) is 6.20. The average Bonchev–Trinajstić information content (AvgIpc) is 2.69. The fourth-order valence-corrected chi connectivity index (χ4v) is 2.83. The molecule has 1 amide bonds. The third kappa shape index (κ3) is 5.60. The van der Waals surface area contributed by atoms with Gasteiger partial charge in [-0.15, -0.1) is 0 Å². The number of rotatable bonds is 7. The SMILES string of the molecule is CC(=O)c1ccc(Nc2ccnc(C(=O)NCCN3CCOCC3)c2)cc1. The number of morpholine rings is 1. The van der Waals surface area contributed by atoms with Gasteiger partial charge in [0, 0.05) is 49.3 Å². The third-order valence-electron chi connectivity index (χ3n) is 4.39. The molecule has 2 N–H and O–H groups in total. The summed E-state index contributed by atoms with van der Waals surface area (Å²) >= 11 is 0. The van der Waals surface area contributed by atoms with Gasteiger partial charge in [0.1, 0.15) is 5.69 Å². The molecule has 0 atom stereocenters. The molecule has 0 aliphatic carbocycles. The van der Waals surface area contributed by atoms with E-state index in [0.29, 0.717) is 17.8 Å². The summed E-state index contributed by atoms with van der Waals surface area (Å²) in [5.41, 5.74) is 2.63. The van der Waals surface area contributed by atoms with Gasteiger partial charge in [-0.2, -0.15) is 0 Å². The second-order valence-corrected chi connectivity index (χ2v) is 6.40. The molecule has 1 saturated heterocycles. The van der Waals surface area contributed by atoms with Crippen molar-refractivity contribution < 1.29 is 14.3 Å². The van der Waals surface area contributed by atoms with Crippen LogP contribution in [-0.4, -0.2) is 61.0 Å². The van der Waals surface area contributed by atoms with Crippen LogP contribution in [0.15, 0.2) is 42.6 Å². The number of nitrogens with zero attached hydrogens (tertiary/aromatic N) is 2. The zero-order chi connectivity index (χ0) is 19.1. The van der Waals surface area contributed by atoms with E-state index < -0.39 is 0 Å². The maximum atomic E-state index is 12.3. The van der Waals surface area contributed by atoms with E-state index in [9.17, 15) is 9.59 Å². The molecule has 1 fully saturated rings. The first kappa shape index (κ1) is 19.0. The molecule has 27 heavy (non-hydrogen) atoms. The van der Waals surface area contributed by atoms with Crippen LogP contribution in [0.1, 0.15) is 27.8 Å². The molecule has 1 aliphatic rings. The van der Waals surface area contributed by atoms with Crippen LogP contribution in [0.3, 0.4) is 0 Å².